The average Bonchev–Trinajstić information content (AvgIpc) is 2.25. The van der Waals surface area contributed by atoms with Crippen molar-refractivity contribution in [1.82, 2.24) is 0 Å². The van der Waals surface area contributed by atoms with Crippen LogP contribution in [-0.2, 0) is 19.1 Å². The van der Waals surface area contributed by atoms with Crippen LogP contribution in [-0.4, -0.2) is 25.7 Å². The topological polar surface area (TPSA) is 52.6 Å². The minimum Gasteiger partial charge on any atom is -0.466 e. The molecule has 0 aromatic rings. The van der Waals surface area contributed by atoms with E-state index in [9.17, 15) is 9.59 Å². The average molecular weight is 214 g/mol. The summed E-state index contributed by atoms with van der Waals surface area (Å²) >= 11 is 0. The number of carbonyl (C=O) groups excluding carboxylic acids is 2. The van der Waals surface area contributed by atoms with E-state index < -0.39 is 0 Å². The van der Waals surface area contributed by atoms with Gasteiger partial charge in [-0.05, 0) is 13.3 Å². The Morgan fingerprint density at radius 1 is 1.40 bits per heavy atom. The number of methoxy groups -OCH3 is 1. The van der Waals surface area contributed by atoms with Crippen LogP contribution < -0.4 is 0 Å². The lowest BCUT2D eigenvalue weighted by Gasteiger charge is -1.94. The maximum Gasteiger partial charge on any atom is 0.332 e. The van der Waals surface area contributed by atoms with E-state index in [1.165, 1.54) is 7.11 Å². The molecule has 0 N–H and O–H groups in total. The van der Waals surface area contributed by atoms with Crippen LogP contribution in [0.3, 0.4) is 0 Å². The molecule has 0 fully saturated rings. The molecule has 0 spiro atoms. The van der Waals surface area contributed by atoms with Crippen LogP contribution in [0, 0.1) is 0 Å². The zero-order valence-electron chi connectivity index (χ0n) is 9.54. The second-order valence-electron chi connectivity index (χ2n) is 2.64. The summed E-state index contributed by atoms with van der Waals surface area (Å²) in [6.45, 7) is 10.6. The van der Waals surface area contributed by atoms with Gasteiger partial charge in [0.05, 0.1) is 13.7 Å². The number of hydrogen-bond acceptors (Lipinski definition) is 4. The van der Waals surface area contributed by atoms with Gasteiger partial charge in [-0.3, -0.25) is 0 Å². The molecule has 0 unspecified atom stereocenters. The van der Waals surface area contributed by atoms with E-state index in [1.54, 1.807) is 6.92 Å². The summed E-state index contributed by atoms with van der Waals surface area (Å²) in [7, 11) is 1.33. The van der Waals surface area contributed by atoms with Crippen molar-refractivity contribution < 1.29 is 19.1 Å². The normalized spacial score (nSPS) is 7.93. The Kier molecular flexibility index (Phi) is 11.1. The van der Waals surface area contributed by atoms with E-state index >= 15 is 0 Å². The molecule has 0 aliphatic carbocycles. The Balaban J connectivity index is 0. The molecule has 0 atom stereocenters. The molecular formula is C11H18O4. The highest BCUT2D eigenvalue weighted by Crippen LogP contribution is 1.87. The van der Waals surface area contributed by atoms with E-state index in [0.29, 0.717) is 12.2 Å². The molecule has 0 aromatic carbocycles. The van der Waals surface area contributed by atoms with Crippen LogP contribution in [0.4, 0.5) is 0 Å². The fraction of sp³-hybridized carbons (Fsp3) is 0.455. The molecule has 15 heavy (non-hydrogen) atoms. The minimum absolute atomic E-state index is 0.341. The summed E-state index contributed by atoms with van der Waals surface area (Å²) in [5.41, 5.74) is 0.433. The fourth-order valence-corrected chi connectivity index (χ4v) is 0.436. The van der Waals surface area contributed by atoms with Crippen LogP contribution in [0.5, 0.6) is 0 Å². The lowest BCUT2D eigenvalue weighted by Crippen LogP contribution is -1.99. The Bertz CT molecular complexity index is 231. The molecule has 0 saturated carbocycles. The summed E-state index contributed by atoms with van der Waals surface area (Å²) in [6.07, 6.45) is 2.02. The van der Waals surface area contributed by atoms with Gasteiger partial charge in [-0.2, -0.15) is 0 Å². The Morgan fingerprint density at radius 3 is 2.13 bits per heavy atom. The quantitative estimate of drug-likeness (QED) is 0.529. The standard InChI is InChI=1S/C6H10O2.C5H8O2/c1-3-5-8-6(7)4-2;1-4(2)5(6)7-3/h4H,2-3,5H2,1H3;1H2,2-3H3. The molecule has 4 nitrogen and oxygen atoms in total. The van der Waals surface area contributed by atoms with Gasteiger partial charge >= 0.3 is 11.9 Å². The van der Waals surface area contributed by atoms with Crippen LogP contribution >= 0.6 is 0 Å². The third-order valence-corrected chi connectivity index (χ3v) is 1.15. The van der Waals surface area contributed by atoms with Crippen LogP contribution in [0.2, 0.25) is 0 Å². The monoisotopic (exact) mass is 214 g/mol. The number of rotatable bonds is 4. The summed E-state index contributed by atoms with van der Waals surface area (Å²) < 4.78 is 8.86. The molecule has 4 heteroatoms. The van der Waals surface area contributed by atoms with Crippen molar-refractivity contribution in [3.05, 3.63) is 24.8 Å². The van der Waals surface area contributed by atoms with Gasteiger partial charge in [0.25, 0.3) is 0 Å². The van der Waals surface area contributed by atoms with Crippen molar-refractivity contribution in [3.63, 3.8) is 0 Å². The maximum absolute atomic E-state index is 10.2. The molecule has 0 bridgehead atoms. The Morgan fingerprint density at radius 2 is 1.93 bits per heavy atom. The first-order valence-electron chi connectivity index (χ1n) is 4.52. The predicted molar refractivity (Wildman–Crippen MR) is 58.3 cm³/mol. The van der Waals surface area contributed by atoms with E-state index in [1.807, 2.05) is 6.92 Å². The number of esters is 2. The smallest absolute Gasteiger partial charge is 0.332 e. The highest BCUT2D eigenvalue weighted by atomic mass is 16.5. The molecule has 0 aliphatic heterocycles. The molecule has 0 aromatic heterocycles. The van der Waals surface area contributed by atoms with E-state index in [0.717, 1.165) is 12.5 Å². The van der Waals surface area contributed by atoms with Gasteiger partial charge in [-0.1, -0.05) is 20.1 Å². The molecule has 86 valence electrons. The SMILES string of the molecule is C=C(C)C(=O)OC.C=CC(=O)OCCC. The first-order valence-corrected chi connectivity index (χ1v) is 4.52. The second kappa shape index (κ2) is 10.5. The Hall–Kier alpha value is -1.58. The first-order chi connectivity index (χ1) is 6.99. The lowest BCUT2D eigenvalue weighted by atomic mass is 10.4. The maximum atomic E-state index is 10.2. The van der Waals surface area contributed by atoms with Gasteiger partial charge in [0, 0.05) is 11.6 Å². The summed E-state index contributed by atoms with van der Waals surface area (Å²) in [4.78, 5) is 20.4. The minimum atomic E-state index is -0.347. The highest BCUT2D eigenvalue weighted by Gasteiger charge is 1.95. The van der Waals surface area contributed by atoms with Crippen molar-refractivity contribution >= 4 is 11.9 Å². The molecule has 0 saturated heterocycles. The number of carbonyl (C=O) groups is 2. The molecule has 0 rings (SSSR count). The van der Waals surface area contributed by atoms with Crippen LogP contribution in [0.25, 0.3) is 0 Å². The van der Waals surface area contributed by atoms with Crippen LogP contribution in [0.1, 0.15) is 20.3 Å². The number of ether oxygens (including phenoxy) is 2. The van der Waals surface area contributed by atoms with Gasteiger partial charge in [0.15, 0.2) is 0 Å². The third-order valence-electron chi connectivity index (χ3n) is 1.15. The predicted octanol–water partition coefficient (Wildman–Crippen LogP) is 1.86. The van der Waals surface area contributed by atoms with E-state index in [4.69, 9.17) is 0 Å². The van der Waals surface area contributed by atoms with Gasteiger partial charge in [-0.15, -0.1) is 0 Å². The zero-order chi connectivity index (χ0) is 12.3. The summed E-state index contributed by atoms with van der Waals surface area (Å²) in [5.74, 6) is -0.688. The third kappa shape index (κ3) is 12.4. The summed E-state index contributed by atoms with van der Waals surface area (Å²) in [5, 5.41) is 0. The lowest BCUT2D eigenvalue weighted by molar-refractivity contribution is -0.138. The van der Waals surface area contributed by atoms with Crippen molar-refractivity contribution in [3.8, 4) is 0 Å². The second-order valence-corrected chi connectivity index (χ2v) is 2.64. The highest BCUT2D eigenvalue weighted by molar-refractivity contribution is 5.86. The molecule has 0 aliphatic rings. The first kappa shape index (κ1) is 15.9. The molecule has 0 amide bonds. The fourth-order valence-electron chi connectivity index (χ4n) is 0.436. The molecular weight excluding hydrogens is 196 g/mol. The Labute approximate surface area is 90.6 Å². The molecule has 0 heterocycles. The van der Waals surface area contributed by atoms with E-state index in [-0.39, 0.29) is 11.9 Å². The van der Waals surface area contributed by atoms with Gasteiger partial charge in [0.1, 0.15) is 0 Å². The van der Waals surface area contributed by atoms with Gasteiger partial charge in [0.2, 0.25) is 0 Å². The van der Waals surface area contributed by atoms with Crippen molar-refractivity contribution in [2.24, 2.45) is 0 Å². The molecule has 0 radical (unpaired) electrons. The van der Waals surface area contributed by atoms with Crippen molar-refractivity contribution in [2.75, 3.05) is 13.7 Å². The summed E-state index contributed by atoms with van der Waals surface area (Å²) in [6, 6.07) is 0. The van der Waals surface area contributed by atoms with E-state index in [2.05, 4.69) is 22.6 Å². The zero-order valence-corrected chi connectivity index (χ0v) is 9.54. The van der Waals surface area contributed by atoms with Crippen LogP contribution in [0.15, 0.2) is 24.8 Å². The largest absolute Gasteiger partial charge is 0.466 e. The van der Waals surface area contributed by atoms with Crippen molar-refractivity contribution in [1.29, 1.82) is 0 Å². The number of hydrogen-bond donors (Lipinski definition) is 0. The van der Waals surface area contributed by atoms with Gasteiger partial charge < -0.3 is 9.47 Å². The van der Waals surface area contributed by atoms with Gasteiger partial charge in [-0.25, -0.2) is 9.59 Å². The van der Waals surface area contributed by atoms with Crippen molar-refractivity contribution in [2.45, 2.75) is 20.3 Å².